The van der Waals surface area contributed by atoms with Gasteiger partial charge in [-0.05, 0) is 26.0 Å². The van der Waals surface area contributed by atoms with Gasteiger partial charge in [0.1, 0.15) is 6.54 Å². The van der Waals surface area contributed by atoms with Crippen molar-refractivity contribution in [2.24, 2.45) is 0 Å². The Morgan fingerprint density at radius 3 is 2.37 bits per heavy atom. The summed E-state index contributed by atoms with van der Waals surface area (Å²) in [6.45, 7) is 5.18. The quantitative estimate of drug-likeness (QED) is 0.582. The second-order valence-corrected chi connectivity index (χ2v) is 6.03. The third kappa shape index (κ3) is 4.97. The molecule has 0 fully saturated rings. The van der Waals surface area contributed by atoms with Gasteiger partial charge in [0.25, 0.3) is 0 Å². The first-order chi connectivity index (χ1) is 13.0. The highest BCUT2D eigenvalue weighted by Gasteiger charge is 2.19. The average molecular weight is 377 g/mol. The Bertz CT molecular complexity index is 839. The van der Waals surface area contributed by atoms with Crippen molar-refractivity contribution in [1.82, 2.24) is 14.0 Å². The number of aryl methyl sites for hydroxylation is 2. The maximum absolute atomic E-state index is 12.6. The van der Waals surface area contributed by atoms with Gasteiger partial charge in [0, 0.05) is 33.2 Å². The number of carbonyl (C=O) groups is 2. The van der Waals surface area contributed by atoms with E-state index in [9.17, 15) is 14.4 Å². The minimum absolute atomic E-state index is 0.112. The van der Waals surface area contributed by atoms with E-state index < -0.39 is 5.97 Å². The van der Waals surface area contributed by atoms with E-state index in [1.54, 1.807) is 16.1 Å². The van der Waals surface area contributed by atoms with Crippen molar-refractivity contribution in [3.8, 4) is 0 Å². The Morgan fingerprint density at radius 1 is 1.11 bits per heavy atom. The van der Waals surface area contributed by atoms with Crippen LogP contribution in [0.25, 0.3) is 11.0 Å². The largest absolute Gasteiger partial charge is 0.465 e. The van der Waals surface area contributed by atoms with Crippen molar-refractivity contribution >= 4 is 22.9 Å². The zero-order valence-electron chi connectivity index (χ0n) is 16.1. The normalized spacial score (nSPS) is 10.9. The summed E-state index contributed by atoms with van der Waals surface area (Å²) in [5.74, 6) is -0.679. The highest BCUT2D eigenvalue weighted by molar-refractivity contribution is 5.82. The van der Waals surface area contributed by atoms with Gasteiger partial charge in [-0.25, -0.2) is 4.79 Å². The molecule has 1 aromatic heterocycles. The number of hydrogen-bond donors (Lipinski definition) is 0. The van der Waals surface area contributed by atoms with Gasteiger partial charge >= 0.3 is 11.7 Å². The second-order valence-electron chi connectivity index (χ2n) is 6.03. The van der Waals surface area contributed by atoms with Crippen LogP contribution >= 0.6 is 0 Å². The number of esters is 1. The maximum Gasteiger partial charge on any atom is 0.329 e. The van der Waals surface area contributed by atoms with Crippen molar-refractivity contribution in [2.45, 2.75) is 33.4 Å². The molecule has 0 spiro atoms. The minimum atomic E-state index is -0.457. The van der Waals surface area contributed by atoms with Crippen LogP contribution in [-0.2, 0) is 32.2 Å². The van der Waals surface area contributed by atoms with E-state index in [2.05, 4.69) is 0 Å². The molecule has 0 bridgehead atoms. The SMILES string of the molecule is CCOC(=O)CN(CCOC)C(=O)CCn1c(=O)n(CC)c2ccccc21. The van der Waals surface area contributed by atoms with Crippen molar-refractivity contribution in [3.63, 3.8) is 0 Å². The molecule has 8 heteroatoms. The molecule has 0 saturated heterocycles. The Labute approximate surface area is 158 Å². The first-order valence-electron chi connectivity index (χ1n) is 9.13. The van der Waals surface area contributed by atoms with Crippen molar-refractivity contribution < 1.29 is 19.1 Å². The summed E-state index contributed by atoms with van der Waals surface area (Å²) in [5.41, 5.74) is 1.51. The highest BCUT2D eigenvalue weighted by atomic mass is 16.5. The third-order valence-electron chi connectivity index (χ3n) is 4.33. The van der Waals surface area contributed by atoms with Crippen LogP contribution in [-0.4, -0.2) is 59.3 Å². The van der Waals surface area contributed by atoms with E-state index in [4.69, 9.17) is 9.47 Å². The number of nitrogens with zero attached hydrogens (tertiary/aromatic N) is 3. The van der Waals surface area contributed by atoms with Gasteiger partial charge in [-0.3, -0.25) is 18.7 Å². The van der Waals surface area contributed by atoms with Gasteiger partial charge in [-0.15, -0.1) is 0 Å². The van der Waals surface area contributed by atoms with Crippen molar-refractivity contribution in [1.29, 1.82) is 0 Å². The van der Waals surface area contributed by atoms with E-state index in [1.165, 1.54) is 12.0 Å². The van der Waals surface area contributed by atoms with Gasteiger partial charge in [0.15, 0.2) is 0 Å². The smallest absolute Gasteiger partial charge is 0.329 e. The summed E-state index contributed by atoms with van der Waals surface area (Å²) in [5, 5.41) is 0. The molecule has 0 aliphatic carbocycles. The lowest BCUT2D eigenvalue weighted by Gasteiger charge is -2.21. The van der Waals surface area contributed by atoms with Crippen LogP contribution in [0, 0.1) is 0 Å². The molecule has 8 nitrogen and oxygen atoms in total. The first-order valence-corrected chi connectivity index (χ1v) is 9.13. The van der Waals surface area contributed by atoms with Crippen LogP contribution in [0.4, 0.5) is 0 Å². The molecular formula is C19H27N3O5. The minimum Gasteiger partial charge on any atom is -0.465 e. The lowest BCUT2D eigenvalue weighted by atomic mass is 10.3. The Balaban J connectivity index is 2.14. The monoisotopic (exact) mass is 377 g/mol. The Morgan fingerprint density at radius 2 is 1.78 bits per heavy atom. The van der Waals surface area contributed by atoms with E-state index in [1.807, 2.05) is 31.2 Å². The van der Waals surface area contributed by atoms with Gasteiger partial charge in [-0.1, -0.05) is 12.1 Å². The van der Waals surface area contributed by atoms with E-state index in [0.717, 1.165) is 11.0 Å². The molecule has 2 rings (SSSR count). The molecule has 148 valence electrons. The predicted octanol–water partition coefficient (Wildman–Crippen LogP) is 1.25. The summed E-state index contributed by atoms with van der Waals surface area (Å²) in [4.78, 5) is 38.4. The van der Waals surface area contributed by atoms with E-state index in [-0.39, 0.29) is 37.7 Å². The molecule has 1 heterocycles. The first kappa shape index (κ1) is 20.7. The molecule has 27 heavy (non-hydrogen) atoms. The fourth-order valence-corrected chi connectivity index (χ4v) is 3.02. The molecule has 0 aliphatic rings. The van der Waals surface area contributed by atoms with Crippen LogP contribution in [0.5, 0.6) is 0 Å². The highest BCUT2D eigenvalue weighted by Crippen LogP contribution is 2.13. The van der Waals surface area contributed by atoms with Gasteiger partial charge in [0.2, 0.25) is 5.91 Å². The number of para-hydroxylation sites is 2. The standard InChI is InChI=1S/C19H27N3O5/c1-4-21-15-8-6-7-9-16(15)22(19(21)25)11-10-17(23)20(12-13-26-3)14-18(24)27-5-2/h6-9H,4-5,10-14H2,1-3H3. The summed E-state index contributed by atoms with van der Waals surface area (Å²) in [7, 11) is 1.53. The lowest BCUT2D eigenvalue weighted by molar-refractivity contribution is -0.149. The average Bonchev–Trinajstić information content (AvgIpc) is 2.94. The number of hydrogen-bond acceptors (Lipinski definition) is 5. The molecule has 0 saturated carbocycles. The summed E-state index contributed by atoms with van der Waals surface area (Å²) in [6.07, 6.45) is 0.112. The van der Waals surface area contributed by atoms with Gasteiger partial charge in [0.05, 0.1) is 24.2 Å². The molecule has 0 radical (unpaired) electrons. The maximum atomic E-state index is 12.6. The topological polar surface area (TPSA) is 82.8 Å². The fourth-order valence-electron chi connectivity index (χ4n) is 3.02. The molecule has 1 amide bonds. The number of carbonyl (C=O) groups excluding carboxylic acids is 2. The number of fused-ring (bicyclic) bond motifs is 1. The molecule has 1 aromatic carbocycles. The molecule has 0 aliphatic heterocycles. The summed E-state index contributed by atoms with van der Waals surface area (Å²) < 4.78 is 13.2. The lowest BCUT2D eigenvalue weighted by Crippen LogP contribution is -2.39. The second kappa shape index (κ2) is 9.91. The van der Waals surface area contributed by atoms with Crippen LogP contribution in [0.2, 0.25) is 0 Å². The zero-order chi connectivity index (χ0) is 19.8. The van der Waals surface area contributed by atoms with E-state index >= 15 is 0 Å². The number of amides is 1. The van der Waals surface area contributed by atoms with Gasteiger partial charge < -0.3 is 14.4 Å². The Hall–Kier alpha value is -2.61. The van der Waals surface area contributed by atoms with Gasteiger partial charge in [-0.2, -0.15) is 0 Å². The molecular weight excluding hydrogens is 350 g/mol. The van der Waals surface area contributed by atoms with E-state index in [0.29, 0.717) is 19.7 Å². The number of aromatic nitrogens is 2. The number of benzene rings is 1. The molecule has 0 N–H and O–H groups in total. The fraction of sp³-hybridized carbons (Fsp3) is 0.526. The summed E-state index contributed by atoms with van der Waals surface area (Å²) >= 11 is 0. The Kier molecular flexibility index (Phi) is 7.60. The van der Waals surface area contributed by atoms with Crippen molar-refractivity contribution in [2.75, 3.05) is 33.4 Å². The number of rotatable bonds is 10. The molecule has 2 aromatic rings. The summed E-state index contributed by atoms with van der Waals surface area (Å²) in [6, 6.07) is 7.51. The van der Waals surface area contributed by atoms with Crippen LogP contribution < -0.4 is 5.69 Å². The number of methoxy groups -OCH3 is 1. The van der Waals surface area contributed by atoms with Crippen LogP contribution in [0.1, 0.15) is 20.3 Å². The number of imidazole rings is 1. The third-order valence-corrected chi connectivity index (χ3v) is 4.33. The zero-order valence-corrected chi connectivity index (χ0v) is 16.1. The van der Waals surface area contributed by atoms with Crippen LogP contribution in [0.15, 0.2) is 29.1 Å². The predicted molar refractivity (Wildman–Crippen MR) is 102 cm³/mol. The van der Waals surface area contributed by atoms with Crippen LogP contribution in [0.3, 0.4) is 0 Å². The number of ether oxygens (including phenoxy) is 2. The molecule has 0 atom stereocenters. The molecule has 0 unspecified atom stereocenters. The van der Waals surface area contributed by atoms with Crippen molar-refractivity contribution in [3.05, 3.63) is 34.7 Å².